The van der Waals surface area contributed by atoms with E-state index in [1.54, 1.807) is 54.6 Å². The highest BCUT2D eigenvalue weighted by atomic mass is 16.5. The lowest BCUT2D eigenvalue weighted by molar-refractivity contribution is -0.118. The smallest absolute Gasteiger partial charge is 0.266 e. The van der Waals surface area contributed by atoms with Crippen molar-refractivity contribution in [3.05, 3.63) is 102 Å². The van der Waals surface area contributed by atoms with Crippen LogP contribution in [-0.4, -0.2) is 25.0 Å². The minimum atomic E-state index is -0.495. The molecule has 0 bridgehead atoms. The molecule has 0 aliphatic heterocycles. The largest absolute Gasteiger partial charge is 0.494 e. The molecule has 0 aromatic heterocycles. The summed E-state index contributed by atoms with van der Waals surface area (Å²) in [5, 5.41) is 17.0. The summed E-state index contributed by atoms with van der Waals surface area (Å²) in [6.07, 6.45) is 1.50. The summed E-state index contributed by atoms with van der Waals surface area (Å²) in [5.74, 6) is 0.421. The summed E-state index contributed by atoms with van der Waals surface area (Å²) in [5.41, 5.74) is 1.90. The molecule has 0 spiro atoms. The van der Waals surface area contributed by atoms with Gasteiger partial charge in [-0.15, -0.1) is 0 Å². The van der Waals surface area contributed by atoms with Crippen molar-refractivity contribution in [2.45, 2.75) is 6.92 Å². The van der Waals surface area contributed by atoms with E-state index >= 15 is 0 Å². The number of nitrogens with one attached hydrogen (secondary N) is 2. The van der Waals surface area contributed by atoms with Crippen molar-refractivity contribution < 1.29 is 19.1 Å². The van der Waals surface area contributed by atoms with E-state index < -0.39 is 5.91 Å². The monoisotopic (exact) mass is 491 g/mol. The topological polar surface area (TPSA) is 100 Å². The van der Waals surface area contributed by atoms with Gasteiger partial charge in [0.1, 0.15) is 23.1 Å². The number of hydrogen-bond acceptors (Lipinski definition) is 5. The van der Waals surface area contributed by atoms with Crippen LogP contribution < -0.4 is 20.1 Å². The number of benzene rings is 4. The highest BCUT2D eigenvalue weighted by Gasteiger charge is 2.11. The predicted octanol–water partition coefficient (Wildman–Crippen LogP) is 5.80. The molecule has 0 heterocycles. The summed E-state index contributed by atoms with van der Waals surface area (Å²) in [6, 6.07) is 29.1. The molecule has 0 radical (unpaired) electrons. The molecule has 0 atom stereocenters. The van der Waals surface area contributed by atoms with Crippen molar-refractivity contribution in [2.24, 2.45) is 0 Å². The van der Waals surface area contributed by atoms with Gasteiger partial charge in [0.05, 0.1) is 6.61 Å². The van der Waals surface area contributed by atoms with Gasteiger partial charge >= 0.3 is 0 Å². The van der Waals surface area contributed by atoms with Crippen LogP contribution in [0.3, 0.4) is 0 Å². The molecule has 0 fully saturated rings. The van der Waals surface area contributed by atoms with Crippen molar-refractivity contribution >= 4 is 40.0 Å². The van der Waals surface area contributed by atoms with Gasteiger partial charge in [0.2, 0.25) is 0 Å². The van der Waals surface area contributed by atoms with Crippen LogP contribution in [0.4, 0.5) is 11.4 Å². The molecule has 184 valence electrons. The predicted molar refractivity (Wildman–Crippen MR) is 144 cm³/mol. The second kappa shape index (κ2) is 12.0. The van der Waals surface area contributed by atoms with Crippen LogP contribution in [-0.2, 0) is 9.59 Å². The first-order chi connectivity index (χ1) is 18.1. The third-order valence-electron chi connectivity index (χ3n) is 5.41. The SMILES string of the molecule is CCOc1ccc(NC(=O)COc2ccc(/C=C(\C#N)C(=O)Nc3cccc4ccccc34)cc2)cc1. The molecule has 4 aromatic rings. The van der Waals surface area contributed by atoms with Gasteiger partial charge in [-0.1, -0.05) is 48.5 Å². The number of nitriles is 1. The Bertz CT molecular complexity index is 1460. The molecule has 0 aliphatic carbocycles. The lowest BCUT2D eigenvalue weighted by Crippen LogP contribution is -2.20. The van der Waals surface area contributed by atoms with Gasteiger partial charge in [0, 0.05) is 16.8 Å². The second-order valence-electron chi connectivity index (χ2n) is 8.01. The van der Waals surface area contributed by atoms with E-state index in [2.05, 4.69) is 10.6 Å². The lowest BCUT2D eigenvalue weighted by atomic mass is 10.1. The number of hydrogen-bond donors (Lipinski definition) is 2. The van der Waals surface area contributed by atoms with Gasteiger partial charge in [-0.25, -0.2) is 0 Å². The van der Waals surface area contributed by atoms with Gasteiger partial charge in [-0.3, -0.25) is 9.59 Å². The molecular formula is C30H25N3O4. The molecule has 4 rings (SSSR count). The Kier molecular flexibility index (Phi) is 8.15. The molecule has 2 N–H and O–H groups in total. The van der Waals surface area contributed by atoms with Crippen molar-refractivity contribution in [3.8, 4) is 17.6 Å². The van der Waals surface area contributed by atoms with Crippen molar-refractivity contribution in [3.63, 3.8) is 0 Å². The van der Waals surface area contributed by atoms with E-state index in [-0.39, 0.29) is 18.1 Å². The number of anilines is 2. The zero-order valence-electron chi connectivity index (χ0n) is 20.2. The van der Waals surface area contributed by atoms with Crippen LogP contribution in [0.25, 0.3) is 16.8 Å². The van der Waals surface area contributed by atoms with Gasteiger partial charge in [-0.05, 0) is 66.4 Å². The number of fused-ring (bicyclic) bond motifs is 1. The number of carbonyl (C=O) groups is 2. The normalized spacial score (nSPS) is 10.9. The third kappa shape index (κ3) is 6.74. The van der Waals surface area contributed by atoms with Gasteiger partial charge < -0.3 is 20.1 Å². The van der Waals surface area contributed by atoms with Crippen molar-refractivity contribution in [1.29, 1.82) is 5.26 Å². The van der Waals surface area contributed by atoms with E-state index in [1.807, 2.05) is 49.4 Å². The molecule has 0 saturated carbocycles. The highest BCUT2D eigenvalue weighted by Crippen LogP contribution is 2.24. The molecule has 2 amide bonds. The van der Waals surface area contributed by atoms with Crippen LogP contribution in [0, 0.1) is 11.3 Å². The average Bonchev–Trinajstić information content (AvgIpc) is 2.92. The standard InChI is InChI=1S/C30H25N3O4/c1-2-36-25-16-12-24(13-17-25)32-29(34)20-37-26-14-10-21(11-15-26)18-23(19-31)30(35)33-28-9-5-7-22-6-3-4-8-27(22)28/h3-18H,2,20H2,1H3,(H,32,34)(H,33,35)/b23-18+. The Balaban J connectivity index is 1.34. The second-order valence-corrected chi connectivity index (χ2v) is 8.01. The van der Waals surface area contributed by atoms with Crippen LogP contribution in [0.15, 0.2) is 96.6 Å². The van der Waals surface area contributed by atoms with Gasteiger partial charge in [-0.2, -0.15) is 5.26 Å². The first-order valence-corrected chi connectivity index (χ1v) is 11.7. The van der Waals surface area contributed by atoms with Gasteiger partial charge in [0.25, 0.3) is 11.8 Å². The summed E-state index contributed by atoms with van der Waals surface area (Å²) in [4.78, 5) is 25.0. The maximum atomic E-state index is 12.8. The Labute approximate surface area is 214 Å². The maximum Gasteiger partial charge on any atom is 0.266 e. The van der Waals surface area contributed by atoms with Crippen LogP contribution >= 0.6 is 0 Å². The Hall–Kier alpha value is -5.09. The fraction of sp³-hybridized carbons (Fsp3) is 0.100. The average molecular weight is 492 g/mol. The van der Waals surface area contributed by atoms with Crippen LogP contribution in [0.5, 0.6) is 11.5 Å². The van der Waals surface area contributed by atoms with Crippen molar-refractivity contribution in [2.75, 3.05) is 23.8 Å². The third-order valence-corrected chi connectivity index (χ3v) is 5.41. The summed E-state index contributed by atoms with van der Waals surface area (Å²) in [7, 11) is 0. The summed E-state index contributed by atoms with van der Waals surface area (Å²) >= 11 is 0. The molecule has 4 aromatic carbocycles. The zero-order chi connectivity index (χ0) is 26.0. The fourth-order valence-corrected chi connectivity index (χ4v) is 3.65. The number of carbonyl (C=O) groups excluding carboxylic acids is 2. The quantitative estimate of drug-likeness (QED) is 0.228. The molecule has 0 unspecified atom stereocenters. The summed E-state index contributed by atoms with van der Waals surface area (Å²) in [6.45, 7) is 2.31. The minimum absolute atomic E-state index is 0.0312. The van der Waals surface area contributed by atoms with Crippen LogP contribution in [0.2, 0.25) is 0 Å². The number of amides is 2. The first-order valence-electron chi connectivity index (χ1n) is 11.7. The molecule has 7 nitrogen and oxygen atoms in total. The van der Waals surface area contributed by atoms with Crippen LogP contribution in [0.1, 0.15) is 12.5 Å². The first kappa shape index (κ1) is 25.0. The molecular weight excluding hydrogens is 466 g/mol. The Morgan fingerprint density at radius 2 is 1.51 bits per heavy atom. The zero-order valence-corrected chi connectivity index (χ0v) is 20.2. The van der Waals surface area contributed by atoms with Crippen molar-refractivity contribution in [1.82, 2.24) is 0 Å². The number of rotatable bonds is 9. The molecule has 0 saturated heterocycles. The number of nitrogens with zero attached hydrogens (tertiary/aromatic N) is 1. The molecule has 37 heavy (non-hydrogen) atoms. The Morgan fingerprint density at radius 3 is 2.24 bits per heavy atom. The number of ether oxygens (including phenoxy) is 2. The summed E-state index contributed by atoms with van der Waals surface area (Å²) < 4.78 is 10.9. The maximum absolute atomic E-state index is 12.8. The van der Waals surface area contributed by atoms with E-state index in [0.29, 0.717) is 29.3 Å². The fourth-order valence-electron chi connectivity index (χ4n) is 3.65. The van der Waals surface area contributed by atoms with E-state index in [4.69, 9.17) is 9.47 Å². The lowest BCUT2D eigenvalue weighted by Gasteiger charge is -2.09. The molecule has 7 heteroatoms. The van der Waals surface area contributed by atoms with E-state index in [0.717, 1.165) is 16.5 Å². The Morgan fingerprint density at radius 1 is 0.838 bits per heavy atom. The highest BCUT2D eigenvalue weighted by molar-refractivity contribution is 6.12. The van der Waals surface area contributed by atoms with Gasteiger partial charge in [0.15, 0.2) is 6.61 Å². The molecule has 0 aliphatic rings. The van der Waals surface area contributed by atoms with E-state index in [9.17, 15) is 14.9 Å². The minimum Gasteiger partial charge on any atom is -0.494 e. The van der Waals surface area contributed by atoms with E-state index in [1.165, 1.54) is 6.08 Å².